The molecule has 6 nitrogen and oxygen atoms in total. The van der Waals surface area contributed by atoms with Crippen molar-refractivity contribution in [3.63, 3.8) is 0 Å². The molecule has 106 valence electrons. The highest BCUT2D eigenvalue weighted by atomic mass is 16.4. The number of aromatic nitrogens is 2. The van der Waals surface area contributed by atoms with Crippen molar-refractivity contribution in [2.24, 2.45) is 7.05 Å². The largest absolute Gasteiger partial charge is 0.419 e. The molecular weight excluding hydrogens is 270 g/mol. The third-order valence-corrected chi connectivity index (χ3v) is 3.23. The summed E-state index contributed by atoms with van der Waals surface area (Å²) in [5.41, 5.74) is 2.42. The molecule has 0 aliphatic heterocycles. The average molecular weight is 283 g/mol. The van der Waals surface area contributed by atoms with Crippen LogP contribution < -0.4 is 11.1 Å². The van der Waals surface area contributed by atoms with Gasteiger partial charge in [0.05, 0.1) is 5.52 Å². The van der Waals surface area contributed by atoms with Crippen LogP contribution in [-0.4, -0.2) is 15.5 Å². The van der Waals surface area contributed by atoms with E-state index < -0.39 is 5.76 Å². The van der Waals surface area contributed by atoms with Crippen LogP contribution in [0.4, 0.5) is 0 Å². The fraction of sp³-hybridized carbons (Fsp3) is 0.133. The summed E-state index contributed by atoms with van der Waals surface area (Å²) in [6.45, 7) is 0.392. The molecule has 1 amide bonds. The van der Waals surface area contributed by atoms with E-state index in [0.29, 0.717) is 23.2 Å². The molecule has 0 atom stereocenters. The molecule has 21 heavy (non-hydrogen) atoms. The number of nitrogens with zero attached hydrogens (tertiary/aromatic N) is 2. The summed E-state index contributed by atoms with van der Waals surface area (Å²) in [5, 5.41) is 2.80. The van der Waals surface area contributed by atoms with Crippen LogP contribution in [0.3, 0.4) is 0 Å². The smallest absolute Gasteiger partial charge is 0.408 e. The van der Waals surface area contributed by atoms with Gasteiger partial charge in [-0.2, -0.15) is 0 Å². The maximum Gasteiger partial charge on any atom is 0.419 e. The van der Waals surface area contributed by atoms with Gasteiger partial charge in [0.1, 0.15) is 0 Å². The van der Waals surface area contributed by atoms with Crippen molar-refractivity contribution < 1.29 is 9.21 Å². The highest BCUT2D eigenvalue weighted by Crippen LogP contribution is 2.14. The minimum atomic E-state index is -0.446. The van der Waals surface area contributed by atoms with Crippen LogP contribution in [-0.2, 0) is 13.6 Å². The summed E-state index contributed by atoms with van der Waals surface area (Å²) in [6, 6.07) is 8.61. The van der Waals surface area contributed by atoms with E-state index in [1.54, 1.807) is 37.6 Å². The topological polar surface area (TPSA) is 77.1 Å². The van der Waals surface area contributed by atoms with E-state index in [4.69, 9.17) is 4.42 Å². The van der Waals surface area contributed by atoms with Gasteiger partial charge >= 0.3 is 5.76 Å². The van der Waals surface area contributed by atoms with Crippen molar-refractivity contribution in [2.75, 3.05) is 0 Å². The molecule has 0 bridgehead atoms. The number of fused-ring (bicyclic) bond motifs is 1. The number of pyridine rings is 1. The van der Waals surface area contributed by atoms with Crippen molar-refractivity contribution in [1.29, 1.82) is 0 Å². The first-order valence-electron chi connectivity index (χ1n) is 6.42. The average Bonchev–Trinajstić information content (AvgIpc) is 2.80. The fourth-order valence-electron chi connectivity index (χ4n) is 2.06. The van der Waals surface area contributed by atoms with E-state index in [0.717, 1.165) is 5.56 Å². The van der Waals surface area contributed by atoms with Gasteiger partial charge < -0.3 is 9.73 Å². The van der Waals surface area contributed by atoms with Gasteiger partial charge in [0.25, 0.3) is 5.91 Å². The molecule has 0 saturated heterocycles. The Morgan fingerprint density at radius 2 is 2.24 bits per heavy atom. The number of hydrogen-bond donors (Lipinski definition) is 1. The lowest BCUT2D eigenvalue weighted by Crippen LogP contribution is -2.22. The molecule has 0 unspecified atom stereocenters. The number of rotatable bonds is 3. The Kier molecular flexibility index (Phi) is 3.27. The second kappa shape index (κ2) is 5.24. The zero-order valence-corrected chi connectivity index (χ0v) is 11.4. The quantitative estimate of drug-likeness (QED) is 0.789. The Morgan fingerprint density at radius 1 is 1.38 bits per heavy atom. The maximum atomic E-state index is 12.1. The van der Waals surface area contributed by atoms with Gasteiger partial charge in [-0.1, -0.05) is 6.07 Å². The molecule has 0 spiro atoms. The van der Waals surface area contributed by atoms with E-state index in [-0.39, 0.29) is 5.91 Å². The molecule has 3 rings (SSSR count). The van der Waals surface area contributed by atoms with Crippen LogP contribution in [0.1, 0.15) is 15.9 Å². The molecule has 0 aliphatic rings. The van der Waals surface area contributed by atoms with Crippen molar-refractivity contribution in [1.82, 2.24) is 14.9 Å². The Balaban J connectivity index is 1.80. The number of amides is 1. The van der Waals surface area contributed by atoms with Crippen LogP contribution in [0.15, 0.2) is 51.9 Å². The SMILES string of the molecule is Cn1c(=O)oc2cc(C(=O)NCc3cccnc3)ccc21. The van der Waals surface area contributed by atoms with Crippen LogP contribution in [0.25, 0.3) is 11.1 Å². The molecule has 6 heteroatoms. The lowest BCUT2D eigenvalue weighted by molar-refractivity contribution is 0.0951. The van der Waals surface area contributed by atoms with E-state index in [9.17, 15) is 9.59 Å². The summed E-state index contributed by atoms with van der Waals surface area (Å²) >= 11 is 0. The van der Waals surface area contributed by atoms with E-state index in [1.807, 2.05) is 12.1 Å². The minimum Gasteiger partial charge on any atom is -0.408 e. The van der Waals surface area contributed by atoms with E-state index in [1.165, 1.54) is 4.57 Å². The maximum absolute atomic E-state index is 12.1. The minimum absolute atomic E-state index is 0.229. The third-order valence-electron chi connectivity index (χ3n) is 3.23. The van der Waals surface area contributed by atoms with Gasteiger partial charge in [0, 0.05) is 31.5 Å². The van der Waals surface area contributed by atoms with Gasteiger partial charge in [0.15, 0.2) is 5.58 Å². The highest BCUT2D eigenvalue weighted by Gasteiger charge is 2.10. The molecule has 0 saturated carbocycles. The predicted molar refractivity (Wildman–Crippen MR) is 76.9 cm³/mol. The summed E-state index contributed by atoms with van der Waals surface area (Å²) < 4.78 is 6.47. The highest BCUT2D eigenvalue weighted by molar-refractivity contribution is 5.97. The second-order valence-electron chi connectivity index (χ2n) is 4.65. The Bertz CT molecular complexity index is 849. The summed E-state index contributed by atoms with van der Waals surface area (Å²) in [5.74, 6) is -0.676. The number of carbonyl (C=O) groups is 1. The standard InChI is InChI=1S/C15H13N3O3/c1-18-12-5-4-11(7-13(12)21-15(18)20)14(19)17-9-10-3-2-6-16-8-10/h2-8H,9H2,1H3,(H,17,19). The molecule has 1 N–H and O–H groups in total. The summed E-state index contributed by atoms with van der Waals surface area (Å²) in [7, 11) is 1.62. The lowest BCUT2D eigenvalue weighted by atomic mass is 10.2. The number of oxazole rings is 1. The van der Waals surface area contributed by atoms with Gasteiger partial charge in [0.2, 0.25) is 0 Å². The first kappa shape index (κ1) is 13.1. The van der Waals surface area contributed by atoms with E-state index in [2.05, 4.69) is 10.3 Å². The van der Waals surface area contributed by atoms with Gasteiger partial charge in [-0.05, 0) is 29.8 Å². The van der Waals surface area contributed by atoms with Gasteiger partial charge in [-0.3, -0.25) is 14.3 Å². The van der Waals surface area contributed by atoms with Gasteiger partial charge in [-0.25, -0.2) is 4.79 Å². The van der Waals surface area contributed by atoms with E-state index >= 15 is 0 Å². The molecule has 0 aliphatic carbocycles. The Labute approximate surface area is 120 Å². The Morgan fingerprint density at radius 3 is 3.00 bits per heavy atom. The molecule has 3 aromatic rings. The zero-order chi connectivity index (χ0) is 14.8. The monoisotopic (exact) mass is 283 g/mol. The van der Waals surface area contributed by atoms with Crippen molar-refractivity contribution >= 4 is 17.0 Å². The number of carbonyl (C=O) groups excluding carboxylic acids is 1. The number of benzene rings is 1. The second-order valence-corrected chi connectivity index (χ2v) is 4.65. The van der Waals surface area contributed by atoms with Crippen LogP contribution in [0.2, 0.25) is 0 Å². The van der Waals surface area contributed by atoms with Gasteiger partial charge in [-0.15, -0.1) is 0 Å². The summed E-state index contributed by atoms with van der Waals surface area (Å²) in [4.78, 5) is 27.5. The molecule has 2 heterocycles. The molecule has 0 fully saturated rings. The molecular formula is C15H13N3O3. The van der Waals surface area contributed by atoms with Crippen LogP contribution in [0.5, 0.6) is 0 Å². The number of nitrogens with one attached hydrogen (secondary N) is 1. The van der Waals surface area contributed by atoms with Crippen LogP contribution in [0, 0.1) is 0 Å². The molecule has 0 radical (unpaired) electrons. The van der Waals surface area contributed by atoms with Crippen molar-refractivity contribution in [2.45, 2.75) is 6.54 Å². The predicted octanol–water partition coefficient (Wildman–Crippen LogP) is 1.46. The fourth-order valence-corrected chi connectivity index (χ4v) is 2.06. The zero-order valence-electron chi connectivity index (χ0n) is 11.4. The normalized spacial score (nSPS) is 10.7. The third kappa shape index (κ3) is 2.55. The molecule has 1 aromatic carbocycles. The lowest BCUT2D eigenvalue weighted by Gasteiger charge is -2.05. The van der Waals surface area contributed by atoms with Crippen LogP contribution >= 0.6 is 0 Å². The van der Waals surface area contributed by atoms with Crippen molar-refractivity contribution in [3.05, 3.63) is 64.4 Å². The first-order valence-corrected chi connectivity index (χ1v) is 6.42. The summed E-state index contributed by atoms with van der Waals surface area (Å²) in [6.07, 6.45) is 3.37. The first-order chi connectivity index (χ1) is 10.1. The molecule has 2 aromatic heterocycles. The Hall–Kier alpha value is -2.89. The number of aryl methyl sites for hydroxylation is 1. The van der Waals surface area contributed by atoms with Crippen molar-refractivity contribution in [3.8, 4) is 0 Å². The number of hydrogen-bond acceptors (Lipinski definition) is 4.